The van der Waals surface area contributed by atoms with Crippen LogP contribution in [0, 0.1) is 0 Å². The van der Waals surface area contributed by atoms with E-state index in [2.05, 4.69) is 5.32 Å². The van der Waals surface area contributed by atoms with Crippen LogP contribution in [0.2, 0.25) is 0 Å². The van der Waals surface area contributed by atoms with Gasteiger partial charge >= 0.3 is 0 Å². The van der Waals surface area contributed by atoms with E-state index in [0.717, 1.165) is 18.0 Å². The van der Waals surface area contributed by atoms with E-state index in [0.29, 0.717) is 5.69 Å². The molecule has 1 atom stereocenters. The summed E-state index contributed by atoms with van der Waals surface area (Å²) >= 11 is 0. The lowest BCUT2D eigenvalue weighted by atomic mass is 10.2. The molecule has 1 heterocycles. The van der Waals surface area contributed by atoms with Crippen LogP contribution in [0.25, 0.3) is 0 Å². The van der Waals surface area contributed by atoms with Gasteiger partial charge in [-0.05, 0) is 19.1 Å². The zero-order chi connectivity index (χ0) is 8.55. The number of nitrogens with two attached hydrogens (primary N) is 1. The second-order valence-corrected chi connectivity index (χ2v) is 3.03. The summed E-state index contributed by atoms with van der Waals surface area (Å²) in [7, 11) is 0. The van der Waals surface area contributed by atoms with Crippen molar-refractivity contribution in [1.82, 2.24) is 0 Å². The largest absolute Gasteiger partial charge is 0.485 e. The van der Waals surface area contributed by atoms with Gasteiger partial charge in [-0.1, -0.05) is 6.07 Å². The predicted molar refractivity (Wildman–Crippen MR) is 49.4 cm³/mol. The quantitative estimate of drug-likeness (QED) is 0.571. The highest BCUT2D eigenvalue weighted by molar-refractivity contribution is 5.70. The molecule has 0 aliphatic carbocycles. The number of para-hydroxylation sites is 1. The Morgan fingerprint density at radius 2 is 2.42 bits per heavy atom. The first-order valence-corrected chi connectivity index (χ1v) is 4.06. The molecule has 0 aromatic heterocycles. The van der Waals surface area contributed by atoms with E-state index >= 15 is 0 Å². The van der Waals surface area contributed by atoms with Crippen LogP contribution in [0.4, 0.5) is 11.4 Å². The smallest absolute Gasteiger partial charge is 0.165 e. The van der Waals surface area contributed by atoms with Gasteiger partial charge in [-0.3, -0.25) is 0 Å². The monoisotopic (exact) mass is 164 g/mol. The molecule has 1 aliphatic rings. The molecule has 3 N–H and O–H groups in total. The van der Waals surface area contributed by atoms with Crippen molar-refractivity contribution in [3.8, 4) is 5.75 Å². The average Bonchev–Trinajstić information content (AvgIpc) is 2.07. The predicted octanol–water partition coefficient (Wildman–Crippen LogP) is 1.46. The molecule has 1 aromatic carbocycles. The second-order valence-electron chi connectivity index (χ2n) is 3.03. The number of ether oxygens (including phenoxy) is 1. The van der Waals surface area contributed by atoms with Crippen LogP contribution in [-0.4, -0.2) is 12.6 Å². The van der Waals surface area contributed by atoms with Gasteiger partial charge in [0.15, 0.2) is 5.75 Å². The second kappa shape index (κ2) is 2.59. The fourth-order valence-corrected chi connectivity index (χ4v) is 1.32. The van der Waals surface area contributed by atoms with Crippen LogP contribution in [0.1, 0.15) is 6.92 Å². The van der Waals surface area contributed by atoms with Crippen molar-refractivity contribution in [3.63, 3.8) is 0 Å². The highest BCUT2D eigenvalue weighted by atomic mass is 16.5. The average molecular weight is 164 g/mol. The SMILES string of the molecule is C[C@H]1CNc2cccc(N)c2O1. The molecule has 0 radical (unpaired) electrons. The van der Waals surface area contributed by atoms with Crippen molar-refractivity contribution < 1.29 is 4.74 Å². The molecular formula is C9H12N2O. The molecule has 0 spiro atoms. The lowest BCUT2D eigenvalue weighted by molar-refractivity contribution is 0.227. The Hall–Kier alpha value is -1.38. The van der Waals surface area contributed by atoms with Gasteiger partial charge in [0.25, 0.3) is 0 Å². The van der Waals surface area contributed by atoms with Gasteiger partial charge in [0.05, 0.1) is 17.9 Å². The Morgan fingerprint density at radius 3 is 3.25 bits per heavy atom. The molecule has 0 unspecified atom stereocenters. The van der Waals surface area contributed by atoms with Gasteiger partial charge in [0.2, 0.25) is 0 Å². The Morgan fingerprint density at radius 1 is 1.58 bits per heavy atom. The number of hydrogen-bond acceptors (Lipinski definition) is 3. The van der Waals surface area contributed by atoms with E-state index in [4.69, 9.17) is 10.5 Å². The van der Waals surface area contributed by atoms with Gasteiger partial charge in [-0.25, -0.2) is 0 Å². The van der Waals surface area contributed by atoms with E-state index in [1.165, 1.54) is 0 Å². The first kappa shape index (κ1) is 7.28. The topological polar surface area (TPSA) is 47.3 Å². The number of benzene rings is 1. The van der Waals surface area contributed by atoms with Crippen molar-refractivity contribution in [3.05, 3.63) is 18.2 Å². The summed E-state index contributed by atoms with van der Waals surface area (Å²) in [6.07, 6.45) is 0.196. The summed E-state index contributed by atoms with van der Waals surface area (Å²) in [5, 5.41) is 3.25. The van der Waals surface area contributed by atoms with Crippen LogP contribution in [0.3, 0.4) is 0 Å². The Kier molecular flexibility index (Phi) is 1.57. The number of rotatable bonds is 0. The zero-order valence-electron chi connectivity index (χ0n) is 7.00. The van der Waals surface area contributed by atoms with Gasteiger partial charge in [0.1, 0.15) is 6.10 Å². The van der Waals surface area contributed by atoms with Crippen molar-refractivity contribution in [2.75, 3.05) is 17.6 Å². The molecule has 0 saturated carbocycles. The van der Waals surface area contributed by atoms with Crippen LogP contribution in [0.15, 0.2) is 18.2 Å². The summed E-state index contributed by atoms with van der Waals surface area (Å²) in [5.41, 5.74) is 7.43. The van der Waals surface area contributed by atoms with Crippen LogP contribution < -0.4 is 15.8 Å². The Balaban J connectivity index is 2.43. The Bertz CT molecular complexity index is 299. The third-order valence-electron chi connectivity index (χ3n) is 1.94. The van der Waals surface area contributed by atoms with Crippen molar-refractivity contribution in [1.29, 1.82) is 0 Å². The lowest BCUT2D eigenvalue weighted by Crippen LogP contribution is -2.28. The highest BCUT2D eigenvalue weighted by Crippen LogP contribution is 2.34. The van der Waals surface area contributed by atoms with Crippen LogP contribution in [-0.2, 0) is 0 Å². The number of hydrogen-bond donors (Lipinski definition) is 2. The van der Waals surface area contributed by atoms with E-state index in [1.54, 1.807) is 0 Å². The van der Waals surface area contributed by atoms with Gasteiger partial charge in [-0.2, -0.15) is 0 Å². The molecule has 0 fully saturated rings. The number of nitrogens with one attached hydrogen (secondary N) is 1. The van der Waals surface area contributed by atoms with E-state index < -0.39 is 0 Å². The van der Waals surface area contributed by atoms with Crippen LogP contribution >= 0.6 is 0 Å². The van der Waals surface area contributed by atoms with Gasteiger partial charge in [-0.15, -0.1) is 0 Å². The van der Waals surface area contributed by atoms with Crippen molar-refractivity contribution >= 4 is 11.4 Å². The highest BCUT2D eigenvalue weighted by Gasteiger charge is 2.16. The normalized spacial score (nSPS) is 20.6. The molecule has 1 aliphatic heterocycles. The van der Waals surface area contributed by atoms with Gasteiger partial charge in [0, 0.05) is 0 Å². The van der Waals surface area contributed by atoms with Crippen LogP contribution in [0.5, 0.6) is 5.75 Å². The molecule has 3 nitrogen and oxygen atoms in total. The van der Waals surface area contributed by atoms with Gasteiger partial charge < -0.3 is 15.8 Å². The molecule has 1 aromatic rings. The third-order valence-corrected chi connectivity index (χ3v) is 1.94. The lowest BCUT2D eigenvalue weighted by Gasteiger charge is -2.25. The van der Waals surface area contributed by atoms with Crippen molar-refractivity contribution in [2.24, 2.45) is 0 Å². The first-order chi connectivity index (χ1) is 5.77. The molecule has 64 valence electrons. The number of anilines is 2. The molecule has 0 saturated heterocycles. The zero-order valence-corrected chi connectivity index (χ0v) is 7.00. The number of nitrogen functional groups attached to an aromatic ring is 1. The molecule has 0 amide bonds. The minimum Gasteiger partial charge on any atom is -0.485 e. The van der Waals surface area contributed by atoms with E-state index in [9.17, 15) is 0 Å². The summed E-state index contributed by atoms with van der Waals surface area (Å²) in [6.45, 7) is 2.86. The molecule has 2 rings (SSSR count). The van der Waals surface area contributed by atoms with E-state index in [-0.39, 0.29) is 6.10 Å². The summed E-state index contributed by atoms with van der Waals surface area (Å²) in [5.74, 6) is 0.788. The minimum absolute atomic E-state index is 0.196. The van der Waals surface area contributed by atoms with E-state index in [1.807, 2.05) is 25.1 Å². The fraction of sp³-hybridized carbons (Fsp3) is 0.333. The molecular weight excluding hydrogens is 152 g/mol. The maximum atomic E-state index is 5.74. The maximum Gasteiger partial charge on any atom is 0.165 e. The summed E-state index contributed by atoms with van der Waals surface area (Å²) < 4.78 is 5.58. The molecule has 0 bridgehead atoms. The minimum atomic E-state index is 0.196. The summed E-state index contributed by atoms with van der Waals surface area (Å²) in [4.78, 5) is 0. The summed E-state index contributed by atoms with van der Waals surface area (Å²) in [6, 6.07) is 5.73. The maximum absolute atomic E-state index is 5.74. The van der Waals surface area contributed by atoms with Crippen molar-refractivity contribution in [2.45, 2.75) is 13.0 Å². The molecule has 3 heteroatoms. The Labute approximate surface area is 71.5 Å². The third kappa shape index (κ3) is 1.07. The fourth-order valence-electron chi connectivity index (χ4n) is 1.32. The standard InChI is InChI=1S/C9H12N2O/c1-6-5-11-8-4-2-3-7(10)9(8)12-6/h2-4,6,11H,5,10H2,1H3/t6-/m0/s1. The number of fused-ring (bicyclic) bond motifs is 1. The first-order valence-electron chi connectivity index (χ1n) is 4.06. The molecule has 12 heavy (non-hydrogen) atoms.